The summed E-state index contributed by atoms with van der Waals surface area (Å²) in [6, 6.07) is 13.5. The second-order valence-electron chi connectivity index (χ2n) is 7.52. The Morgan fingerprint density at radius 2 is 1.88 bits per heavy atom. The Hall–Kier alpha value is -1.62. The third-order valence-corrected chi connectivity index (χ3v) is 9.10. The maximum atomic E-state index is 13.6. The van der Waals surface area contributed by atoms with Crippen LogP contribution in [0.4, 0.5) is 0 Å². The lowest BCUT2D eigenvalue weighted by atomic mass is 10.1. The average molecular weight is 499 g/mol. The maximum absolute atomic E-state index is 13.6. The Morgan fingerprint density at radius 1 is 1.22 bits per heavy atom. The number of piperidine rings is 1. The van der Waals surface area contributed by atoms with Gasteiger partial charge in [0.1, 0.15) is 0 Å². The second-order valence-corrected chi connectivity index (χ2v) is 11.7. The maximum Gasteiger partial charge on any atom is 0.337 e. The molecule has 2 aromatic rings. The van der Waals surface area contributed by atoms with Crippen molar-refractivity contribution in [2.45, 2.75) is 37.2 Å². The molecule has 3 rings (SSSR count). The fraction of sp³-hybridized carbons (Fsp3) is 0.409. The van der Waals surface area contributed by atoms with Gasteiger partial charge < -0.3 is 9.29 Å². The molecule has 0 aromatic heterocycles. The molecule has 1 heterocycles. The number of esters is 1. The molecule has 10 heteroatoms. The van der Waals surface area contributed by atoms with Crippen LogP contribution < -0.4 is 0 Å². The molecule has 0 saturated carbocycles. The summed E-state index contributed by atoms with van der Waals surface area (Å²) in [5, 5.41) is 0.550. The first-order chi connectivity index (χ1) is 15.2. The zero-order valence-electron chi connectivity index (χ0n) is 18.1. The molecule has 0 bridgehead atoms. The van der Waals surface area contributed by atoms with Crippen LogP contribution in [0.25, 0.3) is 0 Å². The lowest BCUT2D eigenvalue weighted by molar-refractivity contribution is 0.0600. The molecule has 0 spiro atoms. The number of sulfonamides is 1. The smallest absolute Gasteiger partial charge is 0.337 e. The Bertz CT molecular complexity index is 1020. The van der Waals surface area contributed by atoms with Crippen molar-refractivity contribution in [2.24, 2.45) is 0 Å². The number of methoxy groups -OCH3 is 1. The van der Waals surface area contributed by atoms with Crippen molar-refractivity contribution in [2.75, 3.05) is 26.0 Å². The van der Waals surface area contributed by atoms with Gasteiger partial charge in [-0.3, -0.25) is 0 Å². The largest absolute Gasteiger partial charge is 0.593 e. The van der Waals surface area contributed by atoms with Crippen LogP contribution in [0, 0.1) is 0 Å². The number of halogens is 1. The number of hydrogen-bond donors (Lipinski definition) is 0. The van der Waals surface area contributed by atoms with Crippen molar-refractivity contribution in [3.8, 4) is 0 Å². The summed E-state index contributed by atoms with van der Waals surface area (Å²) in [7, 11) is -2.01. The van der Waals surface area contributed by atoms with Gasteiger partial charge in [-0.05, 0) is 61.7 Å². The highest BCUT2D eigenvalue weighted by Crippen LogP contribution is 2.28. The van der Waals surface area contributed by atoms with Gasteiger partial charge in [0.05, 0.1) is 42.4 Å². The van der Waals surface area contributed by atoms with Crippen molar-refractivity contribution < 1.29 is 22.5 Å². The summed E-state index contributed by atoms with van der Waals surface area (Å²) < 4.78 is 46.5. The van der Waals surface area contributed by atoms with Crippen LogP contribution in [0.3, 0.4) is 0 Å². The van der Waals surface area contributed by atoms with Gasteiger partial charge in [0.2, 0.25) is 10.0 Å². The molecule has 1 aliphatic rings. The Balaban J connectivity index is 1.88. The lowest BCUT2D eigenvalue weighted by Gasteiger charge is -2.37. The van der Waals surface area contributed by atoms with E-state index in [9.17, 15) is 17.8 Å². The van der Waals surface area contributed by atoms with Crippen LogP contribution >= 0.6 is 11.6 Å². The summed E-state index contributed by atoms with van der Waals surface area (Å²) >= 11 is 4.46. The van der Waals surface area contributed by atoms with E-state index in [4.69, 9.17) is 16.3 Å². The number of carbonyl (C=O) groups excluding carboxylic acids is 1. The van der Waals surface area contributed by atoms with Crippen LogP contribution in [0.15, 0.2) is 53.4 Å². The van der Waals surface area contributed by atoms with E-state index in [-0.39, 0.29) is 18.3 Å². The second kappa shape index (κ2) is 11.0. The summed E-state index contributed by atoms with van der Waals surface area (Å²) in [5.74, 6) is -0.388. The van der Waals surface area contributed by atoms with Crippen molar-refractivity contribution in [1.29, 1.82) is 0 Å². The molecule has 1 aliphatic heterocycles. The van der Waals surface area contributed by atoms with E-state index in [0.717, 1.165) is 12.0 Å². The minimum absolute atomic E-state index is 0.0367. The van der Waals surface area contributed by atoms with Crippen molar-refractivity contribution >= 4 is 39.0 Å². The Morgan fingerprint density at radius 3 is 2.47 bits per heavy atom. The van der Waals surface area contributed by atoms with Gasteiger partial charge in [-0.1, -0.05) is 23.7 Å². The third kappa shape index (κ3) is 6.03. The van der Waals surface area contributed by atoms with E-state index in [2.05, 4.69) is 0 Å². The van der Waals surface area contributed by atoms with E-state index in [1.54, 1.807) is 55.5 Å². The fourth-order valence-corrected chi connectivity index (χ4v) is 6.29. The minimum atomic E-state index is -3.34. The highest BCUT2D eigenvalue weighted by atomic mass is 35.5. The Labute approximate surface area is 197 Å². The molecular formula is C22H27ClN2O5S2. The van der Waals surface area contributed by atoms with E-state index in [1.165, 1.54) is 11.4 Å². The summed E-state index contributed by atoms with van der Waals surface area (Å²) in [6.07, 6.45) is 1.43. The molecule has 1 saturated heterocycles. The number of nitrogens with zero attached hydrogens (tertiary/aromatic N) is 2. The number of ether oxygens (including phenoxy) is 1. The highest BCUT2D eigenvalue weighted by molar-refractivity contribution is 7.89. The number of hydrogen-bond acceptors (Lipinski definition) is 6. The van der Waals surface area contributed by atoms with Gasteiger partial charge in [-0.2, -0.15) is 0 Å². The topological polar surface area (TPSA) is 90.0 Å². The van der Waals surface area contributed by atoms with E-state index >= 15 is 0 Å². The molecule has 32 heavy (non-hydrogen) atoms. The first-order valence-electron chi connectivity index (χ1n) is 10.3. The number of carbonyl (C=O) groups is 1. The fourth-order valence-electron chi connectivity index (χ4n) is 3.64. The zero-order chi connectivity index (χ0) is 23.3. The number of rotatable bonds is 8. The van der Waals surface area contributed by atoms with E-state index < -0.39 is 27.4 Å². The lowest BCUT2D eigenvalue weighted by Crippen LogP contribution is -2.51. The minimum Gasteiger partial charge on any atom is -0.593 e. The van der Waals surface area contributed by atoms with Gasteiger partial charge in [-0.25, -0.2) is 17.5 Å². The third-order valence-electron chi connectivity index (χ3n) is 5.47. The first kappa shape index (κ1) is 25.0. The van der Waals surface area contributed by atoms with Crippen molar-refractivity contribution in [1.82, 2.24) is 8.61 Å². The molecular weight excluding hydrogens is 472 g/mol. The van der Waals surface area contributed by atoms with Crippen LogP contribution in [-0.2, 0) is 32.7 Å². The van der Waals surface area contributed by atoms with Crippen LogP contribution in [0.2, 0.25) is 5.02 Å². The molecule has 0 radical (unpaired) electrons. The predicted octanol–water partition coefficient (Wildman–Crippen LogP) is 3.47. The highest BCUT2D eigenvalue weighted by Gasteiger charge is 2.37. The molecule has 0 aliphatic carbocycles. The van der Waals surface area contributed by atoms with Gasteiger partial charge in [0, 0.05) is 18.1 Å². The van der Waals surface area contributed by atoms with Gasteiger partial charge in [0.25, 0.3) is 0 Å². The van der Waals surface area contributed by atoms with Crippen LogP contribution in [0.5, 0.6) is 0 Å². The monoisotopic (exact) mass is 498 g/mol. The molecule has 174 valence electrons. The first-order valence-corrected chi connectivity index (χ1v) is 13.4. The molecule has 2 atom stereocenters. The Kier molecular flexibility index (Phi) is 8.60. The SMILES string of the molecule is CCS(=O)(=O)N1CCCC(N(Cc2ccc(C(=O)OC)cc2)[S+]([O-])c2ccc(Cl)cc2)C1. The van der Waals surface area contributed by atoms with Crippen LogP contribution in [-0.4, -0.2) is 59.5 Å². The van der Waals surface area contributed by atoms with E-state index in [0.29, 0.717) is 35.0 Å². The number of benzene rings is 2. The van der Waals surface area contributed by atoms with Gasteiger partial charge in [0.15, 0.2) is 4.90 Å². The molecule has 0 amide bonds. The normalized spacial score (nSPS) is 18.5. The van der Waals surface area contributed by atoms with Gasteiger partial charge >= 0.3 is 5.97 Å². The van der Waals surface area contributed by atoms with Crippen LogP contribution in [0.1, 0.15) is 35.7 Å². The predicted molar refractivity (Wildman–Crippen MR) is 125 cm³/mol. The summed E-state index contributed by atoms with van der Waals surface area (Å²) in [5.41, 5.74) is 1.29. The molecule has 2 unspecified atom stereocenters. The quantitative estimate of drug-likeness (QED) is 0.409. The standard InChI is InChI=1S/C22H27ClN2O5S2/c1-3-32(28,29)24-14-4-5-20(16-24)25(31(27)21-12-10-19(23)11-13-21)15-17-6-8-18(9-7-17)22(26)30-2/h6-13,20H,3-5,14-16H2,1-2H3. The molecule has 0 N–H and O–H groups in total. The molecule has 7 nitrogen and oxygen atoms in total. The molecule has 2 aromatic carbocycles. The summed E-state index contributed by atoms with van der Waals surface area (Å²) in [4.78, 5) is 12.3. The summed E-state index contributed by atoms with van der Waals surface area (Å²) in [6.45, 7) is 2.73. The average Bonchev–Trinajstić information content (AvgIpc) is 2.82. The van der Waals surface area contributed by atoms with Crippen molar-refractivity contribution in [3.63, 3.8) is 0 Å². The van der Waals surface area contributed by atoms with E-state index in [1.807, 2.05) is 4.31 Å². The van der Waals surface area contributed by atoms with Gasteiger partial charge in [-0.15, -0.1) is 4.31 Å². The van der Waals surface area contributed by atoms with Crippen molar-refractivity contribution in [3.05, 3.63) is 64.7 Å². The molecule has 1 fully saturated rings. The zero-order valence-corrected chi connectivity index (χ0v) is 20.5.